The highest BCUT2D eigenvalue weighted by Crippen LogP contribution is 2.15. The average Bonchev–Trinajstić information content (AvgIpc) is 2.92. The number of hydrogen-bond donors (Lipinski definition) is 2. The van der Waals surface area contributed by atoms with Crippen molar-refractivity contribution in [2.24, 2.45) is 4.99 Å². The molecule has 19 heavy (non-hydrogen) atoms. The Labute approximate surface area is 117 Å². The third-order valence-corrected chi connectivity index (χ3v) is 4.20. The zero-order chi connectivity index (χ0) is 13.5. The first-order valence-corrected chi connectivity index (χ1v) is 7.66. The van der Waals surface area contributed by atoms with Gasteiger partial charge in [0.2, 0.25) is 0 Å². The van der Waals surface area contributed by atoms with Gasteiger partial charge in [-0.15, -0.1) is 0 Å². The van der Waals surface area contributed by atoms with Crippen molar-refractivity contribution >= 4 is 5.96 Å². The average molecular weight is 264 g/mol. The maximum Gasteiger partial charge on any atom is 0.191 e. The second kappa shape index (κ2) is 7.53. The van der Waals surface area contributed by atoms with E-state index in [1.54, 1.807) is 0 Å². The van der Waals surface area contributed by atoms with E-state index in [0.29, 0.717) is 6.04 Å². The van der Waals surface area contributed by atoms with Crippen molar-refractivity contribution in [3.05, 3.63) is 12.2 Å². The Hall–Kier alpha value is -1.03. The largest absolute Gasteiger partial charge is 0.355 e. The molecule has 4 heteroatoms. The van der Waals surface area contributed by atoms with E-state index in [-0.39, 0.29) is 0 Å². The summed E-state index contributed by atoms with van der Waals surface area (Å²) in [5.41, 5.74) is 0. The van der Waals surface area contributed by atoms with Crippen molar-refractivity contribution in [3.63, 3.8) is 0 Å². The molecule has 1 heterocycles. The number of hydrogen-bond acceptors (Lipinski definition) is 2. The molecule has 0 aromatic heterocycles. The summed E-state index contributed by atoms with van der Waals surface area (Å²) in [7, 11) is 1.85. The molecule has 0 bridgehead atoms. The molecule has 2 rings (SSSR count). The van der Waals surface area contributed by atoms with Crippen LogP contribution in [-0.2, 0) is 0 Å². The van der Waals surface area contributed by atoms with Gasteiger partial charge in [0.1, 0.15) is 0 Å². The molecule has 0 aromatic carbocycles. The fraction of sp³-hybridized carbons (Fsp3) is 0.800. The SMILES string of the molecule is CN=C(NCCN1CCCCC1C)NC1CC=CC1. The van der Waals surface area contributed by atoms with Gasteiger partial charge in [-0.3, -0.25) is 9.89 Å². The van der Waals surface area contributed by atoms with Crippen LogP contribution in [0, 0.1) is 0 Å². The number of piperidine rings is 1. The van der Waals surface area contributed by atoms with Crippen LogP contribution in [0.3, 0.4) is 0 Å². The molecule has 1 unspecified atom stereocenters. The molecule has 0 amide bonds. The van der Waals surface area contributed by atoms with Gasteiger partial charge >= 0.3 is 0 Å². The Kier molecular flexibility index (Phi) is 5.70. The van der Waals surface area contributed by atoms with Crippen molar-refractivity contribution in [1.82, 2.24) is 15.5 Å². The van der Waals surface area contributed by atoms with Crippen molar-refractivity contribution in [2.45, 2.75) is 51.1 Å². The Balaban J connectivity index is 1.65. The lowest BCUT2D eigenvalue weighted by atomic mass is 10.0. The van der Waals surface area contributed by atoms with Gasteiger partial charge in [0, 0.05) is 32.2 Å². The van der Waals surface area contributed by atoms with E-state index in [4.69, 9.17) is 0 Å². The van der Waals surface area contributed by atoms with Crippen LogP contribution >= 0.6 is 0 Å². The van der Waals surface area contributed by atoms with Gasteiger partial charge in [0.15, 0.2) is 5.96 Å². The van der Waals surface area contributed by atoms with Crippen molar-refractivity contribution in [1.29, 1.82) is 0 Å². The van der Waals surface area contributed by atoms with E-state index in [0.717, 1.165) is 37.9 Å². The Morgan fingerprint density at radius 3 is 2.79 bits per heavy atom. The minimum atomic E-state index is 0.528. The third-order valence-electron chi connectivity index (χ3n) is 4.20. The Morgan fingerprint density at radius 1 is 1.32 bits per heavy atom. The molecule has 0 radical (unpaired) electrons. The molecule has 4 nitrogen and oxygen atoms in total. The number of aliphatic imine (C=N–C) groups is 1. The summed E-state index contributed by atoms with van der Waals surface area (Å²) in [5.74, 6) is 0.943. The van der Waals surface area contributed by atoms with Gasteiger partial charge < -0.3 is 10.6 Å². The minimum Gasteiger partial charge on any atom is -0.355 e. The highest BCUT2D eigenvalue weighted by atomic mass is 15.2. The molecular formula is C15H28N4. The molecule has 1 atom stereocenters. The maximum absolute atomic E-state index is 4.30. The Bertz CT molecular complexity index is 316. The summed E-state index contributed by atoms with van der Waals surface area (Å²) in [5, 5.41) is 6.91. The van der Waals surface area contributed by atoms with Crippen LogP contribution < -0.4 is 10.6 Å². The molecule has 2 N–H and O–H groups in total. The van der Waals surface area contributed by atoms with Crippen LogP contribution in [0.15, 0.2) is 17.1 Å². The number of nitrogens with one attached hydrogen (secondary N) is 2. The second-order valence-corrected chi connectivity index (χ2v) is 5.66. The quantitative estimate of drug-likeness (QED) is 0.462. The standard InChI is InChI=1S/C15H28N4/c1-13-7-5-6-11-19(13)12-10-17-15(16-2)18-14-8-3-4-9-14/h3-4,13-14H,5-12H2,1-2H3,(H2,16,17,18). The summed E-state index contributed by atoms with van der Waals surface area (Å²) in [6.45, 7) is 5.69. The number of guanidine groups is 1. The van der Waals surface area contributed by atoms with E-state index >= 15 is 0 Å². The highest BCUT2D eigenvalue weighted by Gasteiger charge is 2.17. The van der Waals surface area contributed by atoms with Gasteiger partial charge in [-0.05, 0) is 39.2 Å². The zero-order valence-electron chi connectivity index (χ0n) is 12.4. The summed E-state index contributed by atoms with van der Waals surface area (Å²) in [4.78, 5) is 6.89. The second-order valence-electron chi connectivity index (χ2n) is 5.66. The smallest absolute Gasteiger partial charge is 0.191 e. The molecule has 0 aromatic rings. The van der Waals surface area contributed by atoms with Crippen LogP contribution in [0.25, 0.3) is 0 Å². The fourth-order valence-electron chi connectivity index (χ4n) is 2.93. The summed E-state index contributed by atoms with van der Waals surface area (Å²) in [6.07, 6.45) is 10.8. The van der Waals surface area contributed by atoms with Gasteiger partial charge in [-0.25, -0.2) is 0 Å². The van der Waals surface area contributed by atoms with Crippen LogP contribution in [0.4, 0.5) is 0 Å². The number of likely N-dealkylation sites (tertiary alicyclic amines) is 1. The molecule has 1 fully saturated rings. The zero-order valence-corrected chi connectivity index (χ0v) is 12.4. The molecule has 108 valence electrons. The molecule has 1 saturated heterocycles. The molecule has 2 aliphatic rings. The predicted octanol–water partition coefficient (Wildman–Crippen LogP) is 1.74. The number of nitrogens with zero attached hydrogens (tertiary/aromatic N) is 2. The van der Waals surface area contributed by atoms with Gasteiger partial charge in [0.25, 0.3) is 0 Å². The van der Waals surface area contributed by atoms with Gasteiger partial charge in [0.05, 0.1) is 0 Å². The van der Waals surface area contributed by atoms with E-state index in [1.165, 1.54) is 25.8 Å². The van der Waals surface area contributed by atoms with E-state index in [1.807, 2.05) is 7.05 Å². The van der Waals surface area contributed by atoms with E-state index in [9.17, 15) is 0 Å². The first-order valence-electron chi connectivity index (χ1n) is 7.66. The predicted molar refractivity (Wildman–Crippen MR) is 81.5 cm³/mol. The first kappa shape index (κ1) is 14.4. The van der Waals surface area contributed by atoms with Gasteiger partial charge in [-0.1, -0.05) is 18.6 Å². The topological polar surface area (TPSA) is 39.7 Å². The summed E-state index contributed by atoms with van der Waals surface area (Å²) >= 11 is 0. The van der Waals surface area contributed by atoms with Crippen LogP contribution in [0.2, 0.25) is 0 Å². The fourth-order valence-corrected chi connectivity index (χ4v) is 2.93. The number of rotatable bonds is 4. The highest BCUT2D eigenvalue weighted by molar-refractivity contribution is 5.80. The Morgan fingerprint density at radius 2 is 2.11 bits per heavy atom. The lowest BCUT2D eigenvalue weighted by molar-refractivity contribution is 0.163. The molecule has 1 aliphatic heterocycles. The van der Waals surface area contributed by atoms with Crippen LogP contribution in [0.5, 0.6) is 0 Å². The molecule has 0 saturated carbocycles. The lowest BCUT2D eigenvalue weighted by Crippen LogP contribution is -2.47. The normalized spacial score (nSPS) is 25.8. The lowest BCUT2D eigenvalue weighted by Gasteiger charge is -2.33. The first-order chi connectivity index (χ1) is 9.29. The van der Waals surface area contributed by atoms with Crippen molar-refractivity contribution < 1.29 is 0 Å². The minimum absolute atomic E-state index is 0.528. The van der Waals surface area contributed by atoms with Crippen LogP contribution in [-0.4, -0.2) is 49.6 Å². The molecule has 0 spiro atoms. The summed E-state index contributed by atoms with van der Waals surface area (Å²) < 4.78 is 0. The molecule has 1 aliphatic carbocycles. The van der Waals surface area contributed by atoms with E-state index < -0.39 is 0 Å². The van der Waals surface area contributed by atoms with Crippen LogP contribution in [0.1, 0.15) is 39.0 Å². The van der Waals surface area contributed by atoms with Crippen molar-refractivity contribution in [3.8, 4) is 0 Å². The maximum atomic E-state index is 4.30. The molecular weight excluding hydrogens is 236 g/mol. The summed E-state index contributed by atoms with van der Waals surface area (Å²) in [6, 6.07) is 1.27. The third kappa shape index (κ3) is 4.53. The monoisotopic (exact) mass is 264 g/mol. The van der Waals surface area contributed by atoms with E-state index in [2.05, 4.69) is 39.6 Å². The van der Waals surface area contributed by atoms with Crippen molar-refractivity contribution in [2.75, 3.05) is 26.7 Å². The van der Waals surface area contributed by atoms with Gasteiger partial charge in [-0.2, -0.15) is 0 Å².